The van der Waals surface area contributed by atoms with Crippen molar-refractivity contribution in [1.82, 2.24) is 20.6 Å². The second kappa shape index (κ2) is 18.6. The Morgan fingerprint density at radius 3 is 2.34 bits per heavy atom. The molecule has 248 valence electrons. The van der Waals surface area contributed by atoms with Gasteiger partial charge in [0.25, 0.3) is 5.91 Å². The fraction of sp³-hybridized carbons (Fsp3) is 0.273. The number of imidazole rings is 1. The number of nitrogen functional groups attached to an aromatic ring is 1. The molecule has 0 spiro atoms. The Balaban J connectivity index is 1.31. The van der Waals surface area contributed by atoms with Gasteiger partial charge in [-0.25, -0.2) is 9.78 Å². The van der Waals surface area contributed by atoms with Gasteiger partial charge >= 0.3 is 6.09 Å². The van der Waals surface area contributed by atoms with Gasteiger partial charge in [-0.05, 0) is 79.2 Å². The number of oxime groups is 1. The molecular weight excluding hydrogens is 736 g/mol. The highest BCUT2D eigenvalue weighted by Gasteiger charge is 2.17. The summed E-state index contributed by atoms with van der Waals surface area (Å²) < 4.78 is 17.8. The van der Waals surface area contributed by atoms with E-state index in [1.165, 1.54) is 0 Å². The van der Waals surface area contributed by atoms with E-state index in [0.29, 0.717) is 53.2 Å². The predicted octanol–water partition coefficient (Wildman–Crippen LogP) is 5.70. The predicted molar refractivity (Wildman–Crippen MR) is 185 cm³/mol. The number of amides is 2. The topological polar surface area (TPSA) is 162 Å². The van der Waals surface area contributed by atoms with Crippen LogP contribution in [0.2, 0.25) is 0 Å². The van der Waals surface area contributed by atoms with Crippen LogP contribution in [0, 0.1) is 0 Å². The summed E-state index contributed by atoms with van der Waals surface area (Å²) in [4.78, 5) is 37.7. The van der Waals surface area contributed by atoms with Crippen LogP contribution in [-0.4, -0.2) is 54.5 Å². The van der Waals surface area contributed by atoms with Crippen LogP contribution in [0.15, 0.2) is 87.0 Å². The van der Waals surface area contributed by atoms with Gasteiger partial charge in [0, 0.05) is 31.6 Å². The number of anilines is 1. The number of nitrogens with zero attached hydrogens (tertiary/aromatic N) is 2. The number of hydrogen-bond donors (Lipinski definition) is 4. The molecule has 0 unspecified atom stereocenters. The van der Waals surface area contributed by atoms with Crippen molar-refractivity contribution in [3.63, 3.8) is 0 Å². The Kier molecular flexibility index (Phi) is 13.9. The summed E-state index contributed by atoms with van der Waals surface area (Å²) in [6.07, 6.45) is 2.42. The summed E-state index contributed by atoms with van der Waals surface area (Å²) >= 11 is 7.16. The summed E-state index contributed by atoms with van der Waals surface area (Å²) in [5, 5.41) is 9.82. The van der Waals surface area contributed by atoms with E-state index in [9.17, 15) is 9.59 Å². The van der Waals surface area contributed by atoms with Crippen molar-refractivity contribution >= 4 is 55.5 Å². The van der Waals surface area contributed by atoms with E-state index in [-0.39, 0.29) is 31.3 Å². The molecule has 4 aromatic rings. The van der Waals surface area contributed by atoms with E-state index in [0.717, 1.165) is 28.1 Å². The van der Waals surface area contributed by atoms with Crippen LogP contribution in [0.3, 0.4) is 0 Å². The first-order chi connectivity index (χ1) is 22.8. The number of hydrogen-bond acceptors (Lipinski definition) is 9. The van der Waals surface area contributed by atoms with Gasteiger partial charge < -0.3 is 40.4 Å². The standard InChI is InChI=1S/C33H36Br2N6O6/c1-44-26-10-8-23(9-11-26)21-47-41-29(31(42)37-14-12-25-19-39-32(36)40-25)18-24-16-27(34)30(28(35)17-24)45-15-5-13-38-33(43)46-20-22-6-3-2-4-7-22/h2-4,6-11,16-17,19H,5,12-15,18,20-21H2,1H3,(H,37,42)(H,38,43)(H3,36,39,40)/b41-29+. The van der Waals surface area contributed by atoms with Crippen molar-refractivity contribution in [2.45, 2.75) is 32.5 Å². The Morgan fingerprint density at radius 1 is 0.936 bits per heavy atom. The third-order valence-corrected chi connectivity index (χ3v) is 7.81. The van der Waals surface area contributed by atoms with Crippen LogP contribution in [0.1, 0.15) is 28.8 Å². The van der Waals surface area contributed by atoms with Crippen molar-refractivity contribution in [2.24, 2.45) is 5.16 Å². The molecule has 12 nitrogen and oxygen atoms in total. The molecule has 0 saturated carbocycles. The summed E-state index contributed by atoms with van der Waals surface area (Å²) in [6.45, 7) is 1.47. The highest BCUT2D eigenvalue weighted by atomic mass is 79.9. The molecule has 3 aromatic carbocycles. The summed E-state index contributed by atoms with van der Waals surface area (Å²) in [7, 11) is 1.60. The molecule has 1 heterocycles. The van der Waals surface area contributed by atoms with Gasteiger partial charge in [0.1, 0.15) is 30.4 Å². The number of ether oxygens (including phenoxy) is 3. The first kappa shape index (κ1) is 35.3. The smallest absolute Gasteiger partial charge is 0.407 e. The van der Waals surface area contributed by atoms with Gasteiger partial charge in [0.05, 0.1) is 28.9 Å². The van der Waals surface area contributed by atoms with E-state index in [4.69, 9.17) is 24.8 Å². The highest BCUT2D eigenvalue weighted by Crippen LogP contribution is 2.35. The summed E-state index contributed by atoms with van der Waals surface area (Å²) in [5.41, 5.74) is 9.23. The molecule has 0 bridgehead atoms. The van der Waals surface area contributed by atoms with Gasteiger partial charge in [-0.1, -0.05) is 47.6 Å². The van der Waals surface area contributed by atoms with Crippen molar-refractivity contribution in [2.75, 3.05) is 32.5 Å². The fourth-order valence-electron chi connectivity index (χ4n) is 4.23. The first-order valence-corrected chi connectivity index (χ1v) is 16.3. The van der Waals surface area contributed by atoms with Crippen LogP contribution in [-0.2, 0) is 40.4 Å². The molecule has 0 radical (unpaired) electrons. The number of benzene rings is 3. The van der Waals surface area contributed by atoms with E-state index in [1.807, 2.05) is 66.7 Å². The number of nitrogens with one attached hydrogen (secondary N) is 3. The minimum atomic E-state index is -0.485. The van der Waals surface area contributed by atoms with Crippen molar-refractivity contribution in [3.8, 4) is 11.5 Å². The SMILES string of the molecule is COc1ccc(CO/N=C(\Cc2cc(Br)c(OCCCNC(=O)OCc3ccccc3)c(Br)c2)C(=O)NCCc2cnc(N)[nH]2)cc1. The monoisotopic (exact) mass is 770 g/mol. The summed E-state index contributed by atoms with van der Waals surface area (Å²) in [6, 6.07) is 20.6. The number of nitrogens with two attached hydrogens (primary N) is 1. The van der Waals surface area contributed by atoms with Crippen LogP contribution < -0.4 is 25.8 Å². The second-order valence-electron chi connectivity index (χ2n) is 10.2. The third kappa shape index (κ3) is 12.0. The molecule has 47 heavy (non-hydrogen) atoms. The van der Waals surface area contributed by atoms with Gasteiger partial charge in [-0.3, -0.25) is 4.79 Å². The van der Waals surface area contributed by atoms with Crippen LogP contribution >= 0.6 is 31.9 Å². The zero-order chi connectivity index (χ0) is 33.4. The molecule has 5 N–H and O–H groups in total. The average molecular weight is 772 g/mol. The van der Waals surface area contributed by atoms with Gasteiger partial charge in [0.2, 0.25) is 0 Å². The molecule has 0 fully saturated rings. The third-order valence-electron chi connectivity index (χ3n) is 6.63. The highest BCUT2D eigenvalue weighted by molar-refractivity contribution is 9.11. The molecule has 2 amide bonds. The van der Waals surface area contributed by atoms with Crippen LogP contribution in [0.25, 0.3) is 0 Å². The number of rotatable bonds is 17. The second-order valence-corrected chi connectivity index (χ2v) is 11.9. The van der Waals surface area contributed by atoms with Gasteiger partial charge in [-0.2, -0.15) is 0 Å². The lowest BCUT2D eigenvalue weighted by Crippen LogP contribution is -2.34. The van der Waals surface area contributed by atoms with Crippen LogP contribution in [0.4, 0.5) is 10.7 Å². The number of carbonyl (C=O) groups is 2. The van der Waals surface area contributed by atoms with E-state index < -0.39 is 6.09 Å². The summed E-state index contributed by atoms with van der Waals surface area (Å²) in [5.74, 6) is 1.28. The largest absolute Gasteiger partial charge is 0.497 e. The molecule has 0 atom stereocenters. The molecule has 0 aliphatic carbocycles. The number of carbonyl (C=O) groups excluding carboxylic acids is 2. The van der Waals surface area contributed by atoms with Gasteiger partial charge in [0.15, 0.2) is 5.95 Å². The first-order valence-electron chi connectivity index (χ1n) is 14.7. The molecule has 1 aromatic heterocycles. The lowest BCUT2D eigenvalue weighted by Gasteiger charge is -2.14. The fourth-order valence-corrected chi connectivity index (χ4v) is 5.74. The van der Waals surface area contributed by atoms with Crippen molar-refractivity contribution in [1.29, 1.82) is 0 Å². The zero-order valence-electron chi connectivity index (χ0n) is 25.8. The number of halogens is 2. The quantitative estimate of drug-likeness (QED) is 0.0605. The van der Waals surface area contributed by atoms with Crippen molar-refractivity contribution in [3.05, 3.63) is 104 Å². The Hall–Kier alpha value is -4.56. The van der Waals surface area contributed by atoms with Crippen molar-refractivity contribution < 1.29 is 28.6 Å². The molecule has 14 heteroatoms. The number of methoxy groups -OCH3 is 1. The van der Waals surface area contributed by atoms with Crippen LogP contribution in [0.5, 0.6) is 11.5 Å². The Morgan fingerprint density at radius 2 is 1.66 bits per heavy atom. The van der Waals surface area contributed by atoms with E-state index >= 15 is 0 Å². The molecule has 4 rings (SSSR count). The maximum atomic E-state index is 13.2. The van der Waals surface area contributed by atoms with E-state index in [1.54, 1.807) is 13.3 Å². The van der Waals surface area contributed by atoms with Gasteiger partial charge in [-0.15, -0.1) is 0 Å². The number of H-pyrrole nitrogens is 1. The minimum Gasteiger partial charge on any atom is -0.497 e. The maximum Gasteiger partial charge on any atom is 0.407 e. The maximum absolute atomic E-state index is 13.2. The average Bonchev–Trinajstić information content (AvgIpc) is 3.49. The molecule has 0 saturated heterocycles. The number of aromatic amines is 1. The van der Waals surface area contributed by atoms with E-state index in [2.05, 4.69) is 57.6 Å². The molecule has 0 aliphatic heterocycles. The lowest BCUT2D eigenvalue weighted by atomic mass is 10.1. The Labute approximate surface area is 289 Å². The number of alkyl carbamates (subject to hydrolysis) is 1. The Bertz CT molecular complexity index is 1610. The zero-order valence-corrected chi connectivity index (χ0v) is 28.9. The normalized spacial score (nSPS) is 11.1. The lowest BCUT2D eigenvalue weighted by molar-refractivity contribution is -0.115. The number of aromatic nitrogens is 2. The molecular formula is C33H36Br2N6O6. The minimum absolute atomic E-state index is 0.175. The molecule has 0 aliphatic rings.